The van der Waals surface area contributed by atoms with Gasteiger partial charge in [0.15, 0.2) is 0 Å². The summed E-state index contributed by atoms with van der Waals surface area (Å²) in [5, 5.41) is 4.48. The van der Waals surface area contributed by atoms with E-state index >= 15 is 0 Å². The summed E-state index contributed by atoms with van der Waals surface area (Å²) in [6, 6.07) is 9.30. The molecule has 1 aromatic carbocycles. The van der Waals surface area contributed by atoms with Crippen LogP contribution in [0.15, 0.2) is 24.3 Å². The number of halogens is 1. The smallest absolute Gasteiger partial charge is 0.0409 e. The van der Waals surface area contributed by atoms with Crippen LogP contribution in [-0.4, -0.2) is 30.6 Å². The molecule has 1 aliphatic heterocycles. The summed E-state index contributed by atoms with van der Waals surface area (Å²) in [7, 11) is 0. The molecule has 1 aromatic rings. The number of nitrogens with one attached hydrogen (secondary N) is 1. The standard InChI is InChI=1S/C16H25ClN2/c1-4-12(2)16-11-19(9-8-18-16)13(3)14-6-5-7-15(17)10-14/h5-7,10,12-13,16,18H,4,8-9,11H2,1-3H3. The molecule has 3 atom stereocenters. The predicted octanol–water partition coefficient (Wildman–Crippen LogP) is 3.72. The number of hydrogen-bond donors (Lipinski definition) is 1. The average molecular weight is 281 g/mol. The number of benzene rings is 1. The molecule has 19 heavy (non-hydrogen) atoms. The molecule has 0 amide bonds. The van der Waals surface area contributed by atoms with Crippen LogP contribution in [-0.2, 0) is 0 Å². The molecule has 0 spiro atoms. The van der Waals surface area contributed by atoms with Gasteiger partial charge in [0, 0.05) is 36.7 Å². The zero-order valence-electron chi connectivity index (χ0n) is 12.2. The molecular formula is C16H25ClN2. The molecule has 2 rings (SSSR count). The maximum absolute atomic E-state index is 6.10. The van der Waals surface area contributed by atoms with E-state index in [-0.39, 0.29) is 0 Å². The van der Waals surface area contributed by atoms with Gasteiger partial charge < -0.3 is 5.32 Å². The van der Waals surface area contributed by atoms with E-state index in [2.05, 4.69) is 43.1 Å². The monoisotopic (exact) mass is 280 g/mol. The Bertz CT molecular complexity index is 407. The average Bonchev–Trinajstić information content (AvgIpc) is 2.45. The van der Waals surface area contributed by atoms with Gasteiger partial charge in [0.1, 0.15) is 0 Å². The van der Waals surface area contributed by atoms with Gasteiger partial charge in [-0.2, -0.15) is 0 Å². The van der Waals surface area contributed by atoms with E-state index in [0.29, 0.717) is 12.1 Å². The van der Waals surface area contributed by atoms with Crippen LogP contribution in [0.5, 0.6) is 0 Å². The zero-order chi connectivity index (χ0) is 13.8. The minimum absolute atomic E-state index is 0.437. The Morgan fingerprint density at radius 3 is 2.89 bits per heavy atom. The molecular weight excluding hydrogens is 256 g/mol. The quantitative estimate of drug-likeness (QED) is 0.904. The summed E-state index contributed by atoms with van der Waals surface area (Å²) in [5.74, 6) is 0.731. The fourth-order valence-corrected chi connectivity index (χ4v) is 3.00. The maximum atomic E-state index is 6.10. The fraction of sp³-hybridized carbons (Fsp3) is 0.625. The van der Waals surface area contributed by atoms with Crippen molar-refractivity contribution in [2.45, 2.75) is 39.3 Å². The van der Waals surface area contributed by atoms with Crippen molar-refractivity contribution in [1.82, 2.24) is 10.2 Å². The van der Waals surface area contributed by atoms with Crippen molar-refractivity contribution in [3.8, 4) is 0 Å². The van der Waals surface area contributed by atoms with Crippen LogP contribution in [0.4, 0.5) is 0 Å². The van der Waals surface area contributed by atoms with E-state index in [1.54, 1.807) is 0 Å². The van der Waals surface area contributed by atoms with Gasteiger partial charge >= 0.3 is 0 Å². The highest BCUT2D eigenvalue weighted by Gasteiger charge is 2.26. The Morgan fingerprint density at radius 1 is 1.42 bits per heavy atom. The Balaban J connectivity index is 2.04. The van der Waals surface area contributed by atoms with Crippen LogP contribution in [0.1, 0.15) is 38.8 Å². The minimum atomic E-state index is 0.437. The highest BCUT2D eigenvalue weighted by molar-refractivity contribution is 6.30. The molecule has 2 nitrogen and oxygen atoms in total. The van der Waals surface area contributed by atoms with E-state index in [1.165, 1.54) is 12.0 Å². The third-order valence-electron chi connectivity index (χ3n) is 4.45. The van der Waals surface area contributed by atoms with E-state index in [1.807, 2.05) is 12.1 Å². The SMILES string of the molecule is CCC(C)C1CN(C(C)c2cccc(Cl)c2)CCN1. The topological polar surface area (TPSA) is 15.3 Å². The van der Waals surface area contributed by atoms with Crippen LogP contribution in [0.2, 0.25) is 5.02 Å². The van der Waals surface area contributed by atoms with Crippen molar-refractivity contribution in [3.05, 3.63) is 34.9 Å². The van der Waals surface area contributed by atoms with Gasteiger partial charge in [0.2, 0.25) is 0 Å². The first kappa shape index (κ1) is 14.8. The molecule has 0 radical (unpaired) electrons. The summed E-state index contributed by atoms with van der Waals surface area (Å²) in [6.45, 7) is 10.2. The number of nitrogens with zero attached hydrogens (tertiary/aromatic N) is 1. The van der Waals surface area contributed by atoms with Gasteiger partial charge in [0.05, 0.1) is 0 Å². The Kier molecular flexibility index (Phi) is 5.26. The highest BCUT2D eigenvalue weighted by Crippen LogP contribution is 2.25. The number of piperazine rings is 1. The molecule has 0 aromatic heterocycles. The van der Waals surface area contributed by atoms with Gasteiger partial charge in [-0.15, -0.1) is 0 Å². The first-order valence-corrected chi connectivity index (χ1v) is 7.72. The highest BCUT2D eigenvalue weighted by atomic mass is 35.5. The first-order chi connectivity index (χ1) is 9.11. The Morgan fingerprint density at radius 2 is 2.21 bits per heavy atom. The van der Waals surface area contributed by atoms with Gasteiger partial charge in [-0.3, -0.25) is 4.90 Å². The van der Waals surface area contributed by atoms with E-state index in [9.17, 15) is 0 Å². The number of hydrogen-bond acceptors (Lipinski definition) is 2. The van der Waals surface area contributed by atoms with Crippen LogP contribution in [0, 0.1) is 5.92 Å². The largest absolute Gasteiger partial charge is 0.311 e. The summed E-state index contributed by atoms with van der Waals surface area (Å²) in [4.78, 5) is 2.57. The van der Waals surface area contributed by atoms with Crippen molar-refractivity contribution in [2.24, 2.45) is 5.92 Å². The van der Waals surface area contributed by atoms with Crippen molar-refractivity contribution in [3.63, 3.8) is 0 Å². The predicted molar refractivity (Wildman–Crippen MR) is 82.7 cm³/mol. The molecule has 0 saturated carbocycles. The van der Waals surface area contributed by atoms with Crippen molar-refractivity contribution >= 4 is 11.6 Å². The third-order valence-corrected chi connectivity index (χ3v) is 4.68. The lowest BCUT2D eigenvalue weighted by molar-refractivity contribution is 0.130. The summed E-state index contributed by atoms with van der Waals surface area (Å²) in [5.41, 5.74) is 1.32. The molecule has 1 heterocycles. The third kappa shape index (κ3) is 3.71. The van der Waals surface area contributed by atoms with E-state index in [4.69, 9.17) is 11.6 Å². The molecule has 0 aliphatic carbocycles. The number of rotatable bonds is 4. The van der Waals surface area contributed by atoms with Crippen molar-refractivity contribution in [2.75, 3.05) is 19.6 Å². The second-order valence-corrected chi connectivity index (χ2v) is 6.11. The molecule has 1 aliphatic rings. The first-order valence-electron chi connectivity index (χ1n) is 7.34. The van der Waals surface area contributed by atoms with Crippen molar-refractivity contribution < 1.29 is 0 Å². The normalized spacial score (nSPS) is 24.1. The van der Waals surface area contributed by atoms with Crippen molar-refractivity contribution in [1.29, 1.82) is 0 Å². The van der Waals surface area contributed by atoms with Crippen LogP contribution in [0.25, 0.3) is 0 Å². The lowest BCUT2D eigenvalue weighted by Crippen LogP contribution is -2.53. The summed E-state index contributed by atoms with van der Waals surface area (Å²) < 4.78 is 0. The minimum Gasteiger partial charge on any atom is -0.311 e. The lowest BCUT2D eigenvalue weighted by Gasteiger charge is -2.40. The second-order valence-electron chi connectivity index (χ2n) is 5.67. The molecule has 3 unspecified atom stereocenters. The molecule has 1 saturated heterocycles. The molecule has 106 valence electrons. The molecule has 3 heteroatoms. The zero-order valence-corrected chi connectivity index (χ0v) is 13.0. The molecule has 1 N–H and O–H groups in total. The molecule has 0 bridgehead atoms. The summed E-state index contributed by atoms with van der Waals surface area (Å²) >= 11 is 6.10. The van der Waals surface area contributed by atoms with Gasteiger partial charge in [-0.25, -0.2) is 0 Å². The van der Waals surface area contributed by atoms with E-state index < -0.39 is 0 Å². The van der Waals surface area contributed by atoms with E-state index in [0.717, 1.165) is 30.6 Å². The van der Waals surface area contributed by atoms with Crippen LogP contribution < -0.4 is 5.32 Å². The maximum Gasteiger partial charge on any atom is 0.0409 e. The van der Waals surface area contributed by atoms with Crippen LogP contribution in [0.3, 0.4) is 0 Å². The summed E-state index contributed by atoms with van der Waals surface area (Å²) in [6.07, 6.45) is 1.23. The van der Waals surface area contributed by atoms with Crippen LogP contribution >= 0.6 is 11.6 Å². The molecule has 1 fully saturated rings. The van der Waals surface area contributed by atoms with Gasteiger partial charge in [0.25, 0.3) is 0 Å². The fourth-order valence-electron chi connectivity index (χ4n) is 2.80. The lowest BCUT2D eigenvalue weighted by atomic mass is 9.95. The van der Waals surface area contributed by atoms with Gasteiger partial charge in [-0.1, -0.05) is 44.0 Å². The Hall–Kier alpha value is -0.570. The van der Waals surface area contributed by atoms with Gasteiger partial charge in [-0.05, 0) is 30.5 Å². The Labute approximate surface area is 122 Å². The second kappa shape index (κ2) is 6.74.